The van der Waals surface area contributed by atoms with E-state index in [1.165, 1.54) is 19.3 Å². The Bertz CT molecular complexity index is 369. The normalized spacial score (nSPS) is 17.2. The Morgan fingerprint density at radius 2 is 2.44 bits per heavy atom. The molecule has 0 atom stereocenters. The van der Waals surface area contributed by atoms with Crippen LogP contribution in [0.2, 0.25) is 0 Å². The van der Waals surface area contributed by atoms with Gasteiger partial charge in [-0.25, -0.2) is 4.99 Å². The molecule has 3 N–H and O–H groups in total. The standard InChI is InChI=1S/C10H17N5O/c1-7-14-9(16-15-7)6-13-10(11)12-5-8-3-2-4-8/h8H,2-6H2,1H3,(H3,11,12,13). The Labute approximate surface area is 94.3 Å². The molecule has 1 aliphatic carbocycles. The Kier molecular flexibility index (Phi) is 3.38. The van der Waals surface area contributed by atoms with Gasteiger partial charge in [-0.05, 0) is 25.7 Å². The lowest BCUT2D eigenvalue weighted by Crippen LogP contribution is -2.37. The number of aliphatic imine (C=N–C) groups is 1. The summed E-state index contributed by atoms with van der Waals surface area (Å²) >= 11 is 0. The minimum Gasteiger partial charge on any atom is -0.370 e. The number of aromatic nitrogens is 2. The lowest BCUT2D eigenvalue weighted by Gasteiger charge is -2.25. The fourth-order valence-corrected chi connectivity index (χ4v) is 1.56. The maximum atomic E-state index is 5.70. The summed E-state index contributed by atoms with van der Waals surface area (Å²) in [6.45, 7) is 3.03. The van der Waals surface area contributed by atoms with E-state index in [0.29, 0.717) is 24.2 Å². The van der Waals surface area contributed by atoms with Crippen molar-refractivity contribution in [1.82, 2.24) is 15.5 Å². The number of nitrogens with zero attached hydrogens (tertiary/aromatic N) is 3. The van der Waals surface area contributed by atoms with Crippen molar-refractivity contribution < 1.29 is 4.52 Å². The Balaban J connectivity index is 1.73. The van der Waals surface area contributed by atoms with Crippen LogP contribution in [0, 0.1) is 12.8 Å². The van der Waals surface area contributed by atoms with Gasteiger partial charge in [-0.3, -0.25) is 0 Å². The van der Waals surface area contributed by atoms with Crippen LogP contribution >= 0.6 is 0 Å². The summed E-state index contributed by atoms with van der Waals surface area (Å²) in [5, 5.41) is 6.77. The van der Waals surface area contributed by atoms with E-state index < -0.39 is 0 Å². The molecule has 6 heteroatoms. The number of aryl methyl sites for hydroxylation is 1. The van der Waals surface area contributed by atoms with Gasteiger partial charge in [0, 0.05) is 6.54 Å². The predicted octanol–water partition coefficient (Wildman–Crippen LogP) is 0.582. The smallest absolute Gasteiger partial charge is 0.248 e. The van der Waals surface area contributed by atoms with E-state index in [4.69, 9.17) is 10.3 Å². The van der Waals surface area contributed by atoms with Crippen molar-refractivity contribution in [3.8, 4) is 0 Å². The molecule has 1 saturated carbocycles. The minimum absolute atomic E-state index is 0.338. The summed E-state index contributed by atoms with van der Waals surface area (Å²) in [4.78, 5) is 8.16. The first-order valence-corrected chi connectivity index (χ1v) is 5.57. The molecule has 2 rings (SSSR count). The Morgan fingerprint density at radius 1 is 1.62 bits per heavy atom. The molecule has 0 aliphatic heterocycles. The summed E-state index contributed by atoms with van der Waals surface area (Å²) in [5.74, 6) is 2.32. The van der Waals surface area contributed by atoms with Crippen molar-refractivity contribution in [1.29, 1.82) is 0 Å². The highest BCUT2D eigenvalue weighted by atomic mass is 16.5. The highest BCUT2D eigenvalue weighted by Gasteiger charge is 2.16. The first-order valence-electron chi connectivity index (χ1n) is 5.57. The number of guanidine groups is 1. The molecule has 0 spiro atoms. The summed E-state index contributed by atoms with van der Waals surface area (Å²) < 4.78 is 4.92. The first-order chi connectivity index (χ1) is 7.74. The molecule has 0 bridgehead atoms. The van der Waals surface area contributed by atoms with E-state index in [9.17, 15) is 0 Å². The molecule has 0 unspecified atom stereocenters. The molecular formula is C10H17N5O. The number of nitrogens with one attached hydrogen (secondary N) is 1. The summed E-state index contributed by atoms with van der Waals surface area (Å²) in [5.41, 5.74) is 5.70. The van der Waals surface area contributed by atoms with Gasteiger partial charge in [0.2, 0.25) is 5.89 Å². The van der Waals surface area contributed by atoms with Crippen LogP contribution in [-0.2, 0) is 6.54 Å². The minimum atomic E-state index is 0.338. The van der Waals surface area contributed by atoms with Gasteiger partial charge in [-0.1, -0.05) is 11.6 Å². The molecule has 0 aromatic carbocycles. The van der Waals surface area contributed by atoms with Crippen molar-refractivity contribution in [3.05, 3.63) is 11.7 Å². The largest absolute Gasteiger partial charge is 0.370 e. The zero-order valence-corrected chi connectivity index (χ0v) is 9.44. The molecular weight excluding hydrogens is 206 g/mol. The molecule has 16 heavy (non-hydrogen) atoms. The maximum absolute atomic E-state index is 5.70. The average Bonchev–Trinajstić information content (AvgIpc) is 2.59. The third kappa shape index (κ3) is 2.95. The van der Waals surface area contributed by atoms with E-state index in [-0.39, 0.29) is 0 Å². The van der Waals surface area contributed by atoms with Gasteiger partial charge in [0.15, 0.2) is 11.8 Å². The van der Waals surface area contributed by atoms with Crippen LogP contribution in [0.3, 0.4) is 0 Å². The van der Waals surface area contributed by atoms with Crippen molar-refractivity contribution in [2.75, 3.05) is 6.54 Å². The Hall–Kier alpha value is -1.59. The van der Waals surface area contributed by atoms with Crippen molar-refractivity contribution >= 4 is 5.96 Å². The third-order valence-corrected chi connectivity index (χ3v) is 2.75. The molecule has 1 fully saturated rings. The van der Waals surface area contributed by atoms with Gasteiger partial charge in [-0.2, -0.15) is 4.98 Å². The van der Waals surface area contributed by atoms with Gasteiger partial charge in [0.05, 0.1) is 0 Å². The van der Waals surface area contributed by atoms with Gasteiger partial charge < -0.3 is 15.6 Å². The quantitative estimate of drug-likeness (QED) is 0.575. The van der Waals surface area contributed by atoms with Crippen LogP contribution in [0.1, 0.15) is 31.0 Å². The summed E-state index contributed by atoms with van der Waals surface area (Å²) in [6.07, 6.45) is 3.93. The molecule has 0 amide bonds. The molecule has 0 saturated heterocycles. The van der Waals surface area contributed by atoms with E-state index in [0.717, 1.165) is 12.5 Å². The lowest BCUT2D eigenvalue weighted by atomic mass is 9.85. The molecule has 6 nitrogen and oxygen atoms in total. The number of rotatable bonds is 4. The van der Waals surface area contributed by atoms with Gasteiger partial charge in [-0.15, -0.1) is 0 Å². The molecule has 1 heterocycles. The fraction of sp³-hybridized carbons (Fsp3) is 0.700. The zero-order chi connectivity index (χ0) is 11.4. The number of hydrogen-bond acceptors (Lipinski definition) is 4. The molecule has 88 valence electrons. The SMILES string of the molecule is Cc1noc(CN=C(N)NCC2CCC2)n1. The van der Waals surface area contributed by atoms with Crippen LogP contribution in [-0.4, -0.2) is 22.6 Å². The lowest BCUT2D eigenvalue weighted by molar-refractivity contribution is 0.315. The molecule has 1 aromatic heterocycles. The van der Waals surface area contributed by atoms with Crippen LogP contribution in [0.5, 0.6) is 0 Å². The highest BCUT2D eigenvalue weighted by molar-refractivity contribution is 5.77. The van der Waals surface area contributed by atoms with Gasteiger partial charge >= 0.3 is 0 Å². The van der Waals surface area contributed by atoms with E-state index in [2.05, 4.69) is 20.4 Å². The van der Waals surface area contributed by atoms with E-state index >= 15 is 0 Å². The topological polar surface area (TPSA) is 89.3 Å². The van der Waals surface area contributed by atoms with Crippen molar-refractivity contribution in [3.63, 3.8) is 0 Å². The second kappa shape index (κ2) is 4.96. The van der Waals surface area contributed by atoms with Crippen molar-refractivity contribution in [2.45, 2.75) is 32.7 Å². The van der Waals surface area contributed by atoms with Crippen LogP contribution in [0.4, 0.5) is 0 Å². The van der Waals surface area contributed by atoms with E-state index in [1.54, 1.807) is 6.92 Å². The zero-order valence-electron chi connectivity index (χ0n) is 9.44. The third-order valence-electron chi connectivity index (χ3n) is 2.75. The number of nitrogens with two attached hydrogens (primary N) is 1. The average molecular weight is 223 g/mol. The number of hydrogen-bond donors (Lipinski definition) is 2. The predicted molar refractivity (Wildman–Crippen MR) is 59.7 cm³/mol. The van der Waals surface area contributed by atoms with E-state index in [1.807, 2.05) is 0 Å². The van der Waals surface area contributed by atoms with Crippen LogP contribution in [0.25, 0.3) is 0 Å². The summed E-state index contributed by atoms with van der Waals surface area (Å²) in [7, 11) is 0. The second-order valence-electron chi connectivity index (χ2n) is 4.11. The van der Waals surface area contributed by atoms with Gasteiger partial charge in [0.1, 0.15) is 6.54 Å². The molecule has 0 radical (unpaired) electrons. The Morgan fingerprint density at radius 3 is 3.00 bits per heavy atom. The van der Waals surface area contributed by atoms with Crippen LogP contribution < -0.4 is 11.1 Å². The summed E-state index contributed by atoms with van der Waals surface area (Å²) in [6, 6.07) is 0. The fourth-order valence-electron chi connectivity index (χ4n) is 1.56. The first kappa shape index (κ1) is 10.9. The second-order valence-corrected chi connectivity index (χ2v) is 4.11. The maximum Gasteiger partial charge on any atom is 0.248 e. The van der Waals surface area contributed by atoms with Crippen LogP contribution in [0.15, 0.2) is 9.52 Å². The van der Waals surface area contributed by atoms with Gasteiger partial charge in [0.25, 0.3) is 0 Å². The van der Waals surface area contributed by atoms with Crippen molar-refractivity contribution in [2.24, 2.45) is 16.6 Å². The monoisotopic (exact) mass is 223 g/mol. The molecule has 1 aliphatic rings. The highest BCUT2D eigenvalue weighted by Crippen LogP contribution is 2.24. The molecule has 1 aromatic rings.